The van der Waals surface area contributed by atoms with Crippen molar-refractivity contribution in [2.75, 3.05) is 0 Å². The van der Waals surface area contributed by atoms with Gasteiger partial charge >= 0.3 is 5.97 Å². The minimum Gasteiger partial charge on any atom is -0.462 e. The van der Waals surface area contributed by atoms with Gasteiger partial charge in [-0.05, 0) is 50.9 Å². The molecule has 0 amide bonds. The van der Waals surface area contributed by atoms with E-state index in [-0.39, 0.29) is 23.4 Å². The maximum Gasteiger partial charge on any atom is 0.310 e. The Labute approximate surface area is 111 Å². The number of hydrogen-bond donors (Lipinski definition) is 0. The second kappa shape index (κ2) is 5.07. The first-order chi connectivity index (χ1) is 8.43. The average Bonchev–Trinajstić information content (AvgIpc) is 2.80. The zero-order valence-corrected chi connectivity index (χ0v) is 12.2. The van der Waals surface area contributed by atoms with Gasteiger partial charge in [-0.25, -0.2) is 0 Å². The number of ether oxygens (including phenoxy) is 1. The molecule has 2 heteroatoms. The van der Waals surface area contributed by atoms with Crippen LogP contribution in [-0.4, -0.2) is 12.1 Å². The number of rotatable bonds is 3. The second-order valence-corrected chi connectivity index (χ2v) is 6.77. The van der Waals surface area contributed by atoms with E-state index in [0.29, 0.717) is 5.92 Å². The molecule has 2 aliphatic carbocycles. The van der Waals surface area contributed by atoms with Crippen LogP contribution in [0.1, 0.15) is 59.8 Å². The Bertz CT molecular complexity index is 344. The summed E-state index contributed by atoms with van der Waals surface area (Å²) in [6.45, 7) is 8.53. The van der Waals surface area contributed by atoms with E-state index in [2.05, 4.69) is 33.8 Å². The fourth-order valence-electron chi connectivity index (χ4n) is 3.22. The molecular weight excluding hydrogens is 224 g/mol. The Balaban J connectivity index is 1.91. The van der Waals surface area contributed by atoms with Crippen molar-refractivity contribution in [3.63, 3.8) is 0 Å². The Morgan fingerprint density at radius 1 is 1.17 bits per heavy atom. The van der Waals surface area contributed by atoms with Gasteiger partial charge in [-0.15, -0.1) is 0 Å². The molecular formula is C16H26O2. The minimum absolute atomic E-state index is 0.0365. The highest BCUT2D eigenvalue weighted by Crippen LogP contribution is 2.60. The number of hydrogen-bond acceptors (Lipinski definition) is 2. The van der Waals surface area contributed by atoms with Crippen molar-refractivity contribution in [1.29, 1.82) is 0 Å². The molecule has 102 valence electrons. The second-order valence-electron chi connectivity index (χ2n) is 6.77. The molecule has 0 heterocycles. The smallest absolute Gasteiger partial charge is 0.310 e. The fraction of sp³-hybridized carbons (Fsp3) is 0.812. The highest BCUT2D eigenvalue weighted by molar-refractivity contribution is 5.78. The molecule has 0 unspecified atom stereocenters. The number of esters is 1. The van der Waals surface area contributed by atoms with Crippen molar-refractivity contribution < 1.29 is 9.53 Å². The normalized spacial score (nSPS) is 30.7. The van der Waals surface area contributed by atoms with Gasteiger partial charge in [0.15, 0.2) is 0 Å². The zero-order chi connectivity index (χ0) is 13.3. The van der Waals surface area contributed by atoms with E-state index >= 15 is 0 Å². The monoisotopic (exact) mass is 250 g/mol. The summed E-state index contributed by atoms with van der Waals surface area (Å²) in [7, 11) is 0. The molecule has 2 rings (SSSR count). The average molecular weight is 250 g/mol. The summed E-state index contributed by atoms with van der Waals surface area (Å²) in [5.41, 5.74) is 1.38. The largest absolute Gasteiger partial charge is 0.462 e. The predicted octanol–water partition coefficient (Wildman–Crippen LogP) is 4.10. The molecule has 2 fully saturated rings. The highest BCUT2D eigenvalue weighted by atomic mass is 16.5. The van der Waals surface area contributed by atoms with Gasteiger partial charge in [-0.3, -0.25) is 4.79 Å². The lowest BCUT2D eigenvalue weighted by molar-refractivity contribution is -0.153. The van der Waals surface area contributed by atoms with Crippen LogP contribution in [0.3, 0.4) is 0 Å². The van der Waals surface area contributed by atoms with Gasteiger partial charge in [0.1, 0.15) is 6.10 Å². The van der Waals surface area contributed by atoms with Gasteiger partial charge < -0.3 is 4.74 Å². The molecule has 2 atom stereocenters. The van der Waals surface area contributed by atoms with Crippen LogP contribution in [0.2, 0.25) is 0 Å². The molecule has 0 aromatic rings. The Kier molecular flexibility index (Phi) is 3.84. The quantitative estimate of drug-likeness (QED) is 0.557. The highest BCUT2D eigenvalue weighted by Gasteiger charge is 2.61. The van der Waals surface area contributed by atoms with E-state index in [4.69, 9.17) is 4.74 Å². The van der Waals surface area contributed by atoms with Crippen LogP contribution in [0.5, 0.6) is 0 Å². The summed E-state index contributed by atoms with van der Waals surface area (Å²) in [5, 5.41) is 0. The van der Waals surface area contributed by atoms with Crippen molar-refractivity contribution in [2.45, 2.75) is 65.9 Å². The molecule has 0 bridgehead atoms. The molecule has 0 N–H and O–H groups in total. The summed E-state index contributed by atoms with van der Waals surface area (Å²) in [5.74, 6) is 0.488. The lowest BCUT2D eigenvalue weighted by atomic mass is 9.98. The molecule has 0 aromatic heterocycles. The van der Waals surface area contributed by atoms with Gasteiger partial charge in [0.2, 0.25) is 0 Å². The van der Waals surface area contributed by atoms with Crippen LogP contribution in [0.15, 0.2) is 11.6 Å². The maximum atomic E-state index is 12.2. The first-order valence-corrected chi connectivity index (χ1v) is 7.28. The molecule has 2 aliphatic rings. The summed E-state index contributed by atoms with van der Waals surface area (Å²) in [6, 6.07) is 0. The predicted molar refractivity (Wildman–Crippen MR) is 73.2 cm³/mol. The van der Waals surface area contributed by atoms with E-state index in [9.17, 15) is 4.79 Å². The van der Waals surface area contributed by atoms with Crippen LogP contribution >= 0.6 is 0 Å². The molecule has 2 nitrogen and oxygen atoms in total. The molecule has 0 saturated heterocycles. The lowest BCUT2D eigenvalue weighted by Crippen LogP contribution is -2.23. The van der Waals surface area contributed by atoms with Gasteiger partial charge in [-0.1, -0.05) is 31.9 Å². The maximum absolute atomic E-state index is 12.2. The lowest BCUT2D eigenvalue weighted by Gasteiger charge is -2.22. The first-order valence-electron chi connectivity index (χ1n) is 7.28. The summed E-state index contributed by atoms with van der Waals surface area (Å²) in [6.07, 6.45) is 8.26. The number of carbonyl (C=O) groups is 1. The third-order valence-electron chi connectivity index (χ3n) is 4.51. The van der Waals surface area contributed by atoms with Crippen molar-refractivity contribution in [2.24, 2.45) is 17.3 Å². The Hall–Kier alpha value is -0.790. The van der Waals surface area contributed by atoms with Crippen LogP contribution in [0.25, 0.3) is 0 Å². The molecule has 0 radical (unpaired) electrons. The van der Waals surface area contributed by atoms with Gasteiger partial charge in [0.25, 0.3) is 0 Å². The van der Waals surface area contributed by atoms with Crippen molar-refractivity contribution in [3.05, 3.63) is 11.6 Å². The molecule has 0 aromatic carbocycles. The number of carbonyl (C=O) groups excluding carboxylic acids is 1. The van der Waals surface area contributed by atoms with E-state index in [1.165, 1.54) is 24.8 Å². The third kappa shape index (κ3) is 2.78. The summed E-state index contributed by atoms with van der Waals surface area (Å²) in [4.78, 5) is 12.2. The van der Waals surface area contributed by atoms with E-state index in [1.54, 1.807) is 0 Å². The van der Waals surface area contributed by atoms with Crippen LogP contribution in [-0.2, 0) is 9.53 Å². The van der Waals surface area contributed by atoms with Gasteiger partial charge in [0, 0.05) is 0 Å². The van der Waals surface area contributed by atoms with E-state index in [0.717, 1.165) is 12.8 Å². The van der Waals surface area contributed by atoms with Crippen LogP contribution in [0.4, 0.5) is 0 Å². The Morgan fingerprint density at radius 2 is 1.78 bits per heavy atom. The number of allylic oxidation sites excluding steroid dienone is 2. The van der Waals surface area contributed by atoms with Gasteiger partial charge in [-0.2, -0.15) is 0 Å². The van der Waals surface area contributed by atoms with Crippen molar-refractivity contribution in [3.8, 4) is 0 Å². The summed E-state index contributed by atoms with van der Waals surface area (Å²) >= 11 is 0. The summed E-state index contributed by atoms with van der Waals surface area (Å²) < 4.78 is 5.69. The van der Waals surface area contributed by atoms with Crippen molar-refractivity contribution in [1.82, 2.24) is 0 Å². The molecule has 0 spiro atoms. The van der Waals surface area contributed by atoms with E-state index in [1.807, 2.05) is 0 Å². The van der Waals surface area contributed by atoms with E-state index < -0.39 is 0 Å². The minimum atomic E-state index is 0.0365. The Morgan fingerprint density at radius 3 is 2.33 bits per heavy atom. The third-order valence-corrected chi connectivity index (χ3v) is 4.51. The topological polar surface area (TPSA) is 26.3 Å². The fourth-order valence-corrected chi connectivity index (χ4v) is 3.22. The first kappa shape index (κ1) is 13.6. The standard InChI is InChI=1S/C16H26O2/c1-11(2)10-13-14(16(13,3)4)15(17)18-12-8-6-5-7-9-12/h10,12-14H,5-9H2,1-4H3/t13-,14-/m1/s1. The van der Waals surface area contributed by atoms with Crippen LogP contribution < -0.4 is 0 Å². The molecule has 2 saturated carbocycles. The van der Waals surface area contributed by atoms with Crippen molar-refractivity contribution >= 4 is 5.97 Å². The zero-order valence-electron chi connectivity index (χ0n) is 12.2. The van der Waals surface area contributed by atoms with Gasteiger partial charge in [0.05, 0.1) is 5.92 Å². The molecule has 18 heavy (non-hydrogen) atoms. The molecule has 0 aliphatic heterocycles. The van der Waals surface area contributed by atoms with Crippen LogP contribution in [0, 0.1) is 17.3 Å². The SMILES string of the molecule is CC(C)=C[C@@H]1[C@H](C(=O)OC2CCCCC2)C1(C)C.